The SMILES string of the molecule is C=CC(C)(C)C(=O)C(C)CO. The molecule has 2 heteroatoms. The maximum atomic E-state index is 11.4. The van der Waals surface area contributed by atoms with Gasteiger partial charge in [-0.2, -0.15) is 0 Å². The molecule has 0 aromatic heterocycles. The minimum atomic E-state index is -0.512. The lowest BCUT2D eigenvalue weighted by Gasteiger charge is -2.21. The molecule has 0 saturated carbocycles. The van der Waals surface area contributed by atoms with Crippen molar-refractivity contribution < 1.29 is 9.90 Å². The summed E-state index contributed by atoms with van der Waals surface area (Å²) in [7, 11) is 0. The van der Waals surface area contributed by atoms with Crippen LogP contribution in [0.1, 0.15) is 20.8 Å². The summed E-state index contributed by atoms with van der Waals surface area (Å²) in [5.74, 6) is -0.252. The average molecular weight is 156 g/mol. The minimum Gasteiger partial charge on any atom is -0.396 e. The van der Waals surface area contributed by atoms with E-state index in [0.29, 0.717) is 0 Å². The lowest BCUT2D eigenvalue weighted by atomic mass is 9.82. The molecule has 0 saturated heterocycles. The van der Waals surface area contributed by atoms with Crippen LogP contribution in [0, 0.1) is 11.3 Å². The van der Waals surface area contributed by atoms with Gasteiger partial charge in [-0.05, 0) is 13.8 Å². The molecule has 0 aromatic carbocycles. The second kappa shape index (κ2) is 3.67. The molecule has 0 heterocycles. The smallest absolute Gasteiger partial charge is 0.147 e. The Hall–Kier alpha value is -0.630. The molecule has 0 fully saturated rings. The van der Waals surface area contributed by atoms with Crippen molar-refractivity contribution in [2.24, 2.45) is 11.3 Å². The molecule has 2 nitrogen and oxygen atoms in total. The number of aliphatic hydroxyl groups is 1. The highest BCUT2D eigenvalue weighted by molar-refractivity contribution is 5.87. The topological polar surface area (TPSA) is 37.3 Å². The lowest BCUT2D eigenvalue weighted by molar-refractivity contribution is -0.129. The maximum Gasteiger partial charge on any atom is 0.147 e. The second-order valence-corrected chi connectivity index (χ2v) is 3.37. The molecule has 0 radical (unpaired) electrons. The third-order valence-corrected chi connectivity index (χ3v) is 1.87. The quantitative estimate of drug-likeness (QED) is 0.625. The molecule has 0 amide bonds. The summed E-state index contributed by atoms with van der Waals surface area (Å²) in [5, 5.41) is 8.71. The van der Waals surface area contributed by atoms with Crippen LogP contribution in [0.4, 0.5) is 0 Å². The molecule has 0 aliphatic rings. The Morgan fingerprint density at radius 1 is 1.73 bits per heavy atom. The molecular weight excluding hydrogens is 140 g/mol. The summed E-state index contributed by atoms with van der Waals surface area (Å²) >= 11 is 0. The van der Waals surface area contributed by atoms with Gasteiger partial charge in [0.05, 0.1) is 6.61 Å². The van der Waals surface area contributed by atoms with Crippen LogP contribution in [0.3, 0.4) is 0 Å². The van der Waals surface area contributed by atoms with Crippen LogP contribution in [0.15, 0.2) is 12.7 Å². The van der Waals surface area contributed by atoms with Gasteiger partial charge in [0.1, 0.15) is 5.78 Å². The number of carbonyl (C=O) groups is 1. The molecule has 0 aliphatic carbocycles. The Morgan fingerprint density at radius 2 is 2.18 bits per heavy atom. The van der Waals surface area contributed by atoms with Crippen LogP contribution in [-0.4, -0.2) is 17.5 Å². The predicted octanol–water partition coefficient (Wildman–Crippen LogP) is 1.40. The standard InChI is InChI=1S/C9H16O2/c1-5-9(3,4)8(11)7(2)6-10/h5,7,10H,1,6H2,2-4H3. The number of Topliss-reactive ketones (excluding diaryl/α,β-unsaturated/α-hetero) is 1. The number of ketones is 1. The van der Waals surface area contributed by atoms with E-state index in [1.807, 2.05) is 0 Å². The van der Waals surface area contributed by atoms with Crippen molar-refractivity contribution in [3.8, 4) is 0 Å². The van der Waals surface area contributed by atoms with E-state index in [1.54, 1.807) is 26.8 Å². The van der Waals surface area contributed by atoms with Gasteiger partial charge >= 0.3 is 0 Å². The fraction of sp³-hybridized carbons (Fsp3) is 0.667. The van der Waals surface area contributed by atoms with Crippen molar-refractivity contribution >= 4 is 5.78 Å². The summed E-state index contributed by atoms with van der Waals surface area (Å²) < 4.78 is 0. The van der Waals surface area contributed by atoms with Gasteiger partial charge in [0.2, 0.25) is 0 Å². The lowest BCUT2D eigenvalue weighted by Crippen LogP contribution is -2.29. The molecule has 0 aliphatic heterocycles. The van der Waals surface area contributed by atoms with E-state index < -0.39 is 5.41 Å². The molecular formula is C9H16O2. The van der Waals surface area contributed by atoms with E-state index in [-0.39, 0.29) is 18.3 Å². The van der Waals surface area contributed by atoms with Gasteiger partial charge in [0.15, 0.2) is 0 Å². The highest BCUT2D eigenvalue weighted by Crippen LogP contribution is 2.21. The highest BCUT2D eigenvalue weighted by atomic mass is 16.3. The Morgan fingerprint density at radius 3 is 2.45 bits per heavy atom. The van der Waals surface area contributed by atoms with Gasteiger partial charge in [-0.3, -0.25) is 4.79 Å². The minimum absolute atomic E-state index is 0.0370. The molecule has 1 unspecified atom stereocenters. The van der Waals surface area contributed by atoms with Gasteiger partial charge in [0.25, 0.3) is 0 Å². The van der Waals surface area contributed by atoms with Crippen LogP contribution in [0.25, 0.3) is 0 Å². The molecule has 1 N–H and O–H groups in total. The van der Waals surface area contributed by atoms with E-state index in [9.17, 15) is 4.79 Å². The Kier molecular flexibility index (Phi) is 3.46. The van der Waals surface area contributed by atoms with Crippen molar-refractivity contribution in [1.82, 2.24) is 0 Å². The van der Waals surface area contributed by atoms with Crippen LogP contribution in [-0.2, 0) is 4.79 Å². The summed E-state index contributed by atoms with van der Waals surface area (Å²) in [6, 6.07) is 0. The van der Waals surface area contributed by atoms with Crippen LogP contribution in [0.2, 0.25) is 0 Å². The number of hydrogen-bond donors (Lipinski definition) is 1. The summed E-state index contributed by atoms with van der Waals surface area (Å²) in [6.45, 7) is 8.80. The van der Waals surface area contributed by atoms with Crippen molar-refractivity contribution in [2.45, 2.75) is 20.8 Å². The van der Waals surface area contributed by atoms with E-state index >= 15 is 0 Å². The zero-order valence-corrected chi connectivity index (χ0v) is 7.42. The number of rotatable bonds is 4. The maximum absolute atomic E-state index is 11.4. The Labute approximate surface area is 67.9 Å². The molecule has 0 bridgehead atoms. The van der Waals surface area contributed by atoms with Crippen molar-refractivity contribution in [1.29, 1.82) is 0 Å². The third kappa shape index (κ3) is 2.46. The molecule has 11 heavy (non-hydrogen) atoms. The summed E-state index contributed by atoms with van der Waals surface area (Å²) in [4.78, 5) is 11.4. The number of allylic oxidation sites excluding steroid dienone is 1. The summed E-state index contributed by atoms with van der Waals surface area (Å²) in [6.07, 6.45) is 1.61. The van der Waals surface area contributed by atoms with Gasteiger partial charge < -0.3 is 5.11 Å². The molecule has 0 rings (SSSR count). The van der Waals surface area contributed by atoms with Crippen LogP contribution in [0.5, 0.6) is 0 Å². The normalized spacial score (nSPS) is 14.2. The molecule has 0 aromatic rings. The van der Waals surface area contributed by atoms with E-state index in [0.717, 1.165) is 0 Å². The van der Waals surface area contributed by atoms with Crippen molar-refractivity contribution in [2.75, 3.05) is 6.61 Å². The fourth-order valence-electron chi connectivity index (χ4n) is 0.819. The first-order valence-electron chi connectivity index (χ1n) is 3.74. The highest BCUT2D eigenvalue weighted by Gasteiger charge is 2.27. The number of hydrogen-bond acceptors (Lipinski definition) is 2. The van der Waals surface area contributed by atoms with Crippen LogP contribution < -0.4 is 0 Å². The molecule has 64 valence electrons. The van der Waals surface area contributed by atoms with Crippen molar-refractivity contribution in [3.05, 3.63) is 12.7 Å². The van der Waals surface area contributed by atoms with Gasteiger partial charge in [-0.15, -0.1) is 6.58 Å². The van der Waals surface area contributed by atoms with E-state index in [1.165, 1.54) is 0 Å². The van der Waals surface area contributed by atoms with Gasteiger partial charge in [-0.25, -0.2) is 0 Å². The molecule has 0 spiro atoms. The summed E-state index contributed by atoms with van der Waals surface area (Å²) in [5.41, 5.74) is -0.512. The predicted molar refractivity (Wildman–Crippen MR) is 45.2 cm³/mol. The van der Waals surface area contributed by atoms with E-state index in [4.69, 9.17) is 5.11 Å². The first-order valence-corrected chi connectivity index (χ1v) is 3.74. The average Bonchev–Trinajstić information content (AvgIpc) is 2.01. The monoisotopic (exact) mass is 156 g/mol. The Bertz CT molecular complexity index is 159. The second-order valence-electron chi connectivity index (χ2n) is 3.37. The Balaban J connectivity index is 4.35. The van der Waals surface area contributed by atoms with E-state index in [2.05, 4.69) is 6.58 Å². The van der Waals surface area contributed by atoms with Crippen LogP contribution >= 0.6 is 0 Å². The first-order chi connectivity index (χ1) is 4.95. The first kappa shape index (κ1) is 10.4. The largest absolute Gasteiger partial charge is 0.396 e. The van der Waals surface area contributed by atoms with Gasteiger partial charge in [-0.1, -0.05) is 13.0 Å². The zero-order valence-electron chi connectivity index (χ0n) is 7.42. The third-order valence-electron chi connectivity index (χ3n) is 1.87. The number of carbonyl (C=O) groups excluding carboxylic acids is 1. The fourth-order valence-corrected chi connectivity index (χ4v) is 0.819. The number of aliphatic hydroxyl groups excluding tert-OH is 1. The molecule has 1 atom stereocenters. The van der Waals surface area contributed by atoms with Gasteiger partial charge in [0, 0.05) is 11.3 Å². The zero-order chi connectivity index (χ0) is 9.07. The van der Waals surface area contributed by atoms with Crippen molar-refractivity contribution in [3.63, 3.8) is 0 Å².